The van der Waals surface area contributed by atoms with Crippen LogP contribution in [0.1, 0.15) is 17.0 Å². The second-order valence-corrected chi connectivity index (χ2v) is 3.67. The SMILES string of the molecule is NC1(C(=O)O)CCN(C(=O)c2nn[nH]n2)C1. The number of carbonyl (C=O) groups is 2. The summed E-state index contributed by atoms with van der Waals surface area (Å²) >= 11 is 0. The summed E-state index contributed by atoms with van der Waals surface area (Å²) in [4.78, 5) is 23.9. The third kappa shape index (κ3) is 1.60. The minimum atomic E-state index is -1.38. The van der Waals surface area contributed by atoms with Gasteiger partial charge in [-0.2, -0.15) is 5.21 Å². The van der Waals surface area contributed by atoms with Crippen LogP contribution in [0.4, 0.5) is 0 Å². The molecule has 0 saturated carbocycles. The van der Waals surface area contributed by atoms with Crippen LogP contribution >= 0.6 is 0 Å². The summed E-state index contributed by atoms with van der Waals surface area (Å²) in [5.74, 6) is -1.67. The molecule has 1 fully saturated rings. The van der Waals surface area contributed by atoms with E-state index in [1.807, 2.05) is 0 Å². The standard InChI is InChI=1S/C7H10N6O3/c8-7(6(15)16)1-2-13(3-7)5(14)4-9-11-12-10-4/h1-3,8H2,(H,15,16)(H,9,10,11,12). The Balaban J connectivity index is 2.10. The largest absolute Gasteiger partial charge is 0.480 e. The van der Waals surface area contributed by atoms with Crippen molar-refractivity contribution in [2.24, 2.45) is 5.73 Å². The fraction of sp³-hybridized carbons (Fsp3) is 0.571. The van der Waals surface area contributed by atoms with Gasteiger partial charge in [-0.3, -0.25) is 9.59 Å². The lowest BCUT2D eigenvalue weighted by molar-refractivity contribution is -0.142. The molecule has 1 aromatic heterocycles. The van der Waals surface area contributed by atoms with E-state index in [9.17, 15) is 9.59 Å². The van der Waals surface area contributed by atoms with Gasteiger partial charge in [0, 0.05) is 13.1 Å². The second kappa shape index (κ2) is 3.52. The number of nitrogens with zero attached hydrogens (tertiary/aromatic N) is 4. The normalized spacial score (nSPS) is 24.7. The predicted octanol–water partition coefficient (Wildman–Crippen LogP) is -2.17. The van der Waals surface area contributed by atoms with Gasteiger partial charge in [0.2, 0.25) is 0 Å². The number of aromatic amines is 1. The molecule has 9 heteroatoms. The van der Waals surface area contributed by atoms with Gasteiger partial charge >= 0.3 is 5.97 Å². The van der Waals surface area contributed by atoms with Crippen molar-refractivity contribution in [3.63, 3.8) is 0 Å². The number of likely N-dealkylation sites (tertiary alicyclic amines) is 1. The summed E-state index contributed by atoms with van der Waals surface area (Å²) in [6.07, 6.45) is 0.214. The monoisotopic (exact) mass is 226 g/mol. The van der Waals surface area contributed by atoms with Crippen molar-refractivity contribution in [1.29, 1.82) is 0 Å². The van der Waals surface area contributed by atoms with Crippen molar-refractivity contribution in [3.05, 3.63) is 5.82 Å². The number of nitrogens with two attached hydrogens (primary N) is 1. The maximum absolute atomic E-state index is 11.7. The van der Waals surface area contributed by atoms with Gasteiger partial charge in [-0.1, -0.05) is 0 Å². The third-order valence-corrected chi connectivity index (χ3v) is 2.55. The molecule has 1 saturated heterocycles. The maximum Gasteiger partial charge on any atom is 0.325 e. The van der Waals surface area contributed by atoms with Crippen LogP contribution in [-0.4, -0.2) is 61.1 Å². The summed E-state index contributed by atoms with van der Waals surface area (Å²) in [7, 11) is 0. The molecule has 0 spiro atoms. The van der Waals surface area contributed by atoms with E-state index >= 15 is 0 Å². The highest BCUT2D eigenvalue weighted by atomic mass is 16.4. The molecule has 0 radical (unpaired) electrons. The fourth-order valence-electron chi connectivity index (χ4n) is 1.57. The highest BCUT2D eigenvalue weighted by molar-refractivity contribution is 5.91. The summed E-state index contributed by atoms with van der Waals surface area (Å²) < 4.78 is 0. The molecular weight excluding hydrogens is 216 g/mol. The van der Waals surface area contributed by atoms with Crippen LogP contribution in [-0.2, 0) is 4.79 Å². The first kappa shape index (κ1) is 10.5. The van der Waals surface area contributed by atoms with Gasteiger partial charge in [-0.25, -0.2) is 0 Å². The van der Waals surface area contributed by atoms with E-state index in [2.05, 4.69) is 20.6 Å². The van der Waals surface area contributed by atoms with Gasteiger partial charge in [0.1, 0.15) is 5.54 Å². The van der Waals surface area contributed by atoms with Crippen molar-refractivity contribution in [1.82, 2.24) is 25.5 Å². The topological polar surface area (TPSA) is 138 Å². The van der Waals surface area contributed by atoms with E-state index in [1.54, 1.807) is 0 Å². The highest BCUT2D eigenvalue weighted by Crippen LogP contribution is 2.19. The first-order chi connectivity index (χ1) is 7.53. The smallest absolute Gasteiger partial charge is 0.325 e. The zero-order valence-corrected chi connectivity index (χ0v) is 8.25. The Kier molecular flexibility index (Phi) is 2.31. The van der Waals surface area contributed by atoms with Crippen molar-refractivity contribution < 1.29 is 14.7 Å². The number of tetrazole rings is 1. The molecule has 1 atom stereocenters. The molecule has 1 amide bonds. The summed E-state index contributed by atoms with van der Waals surface area (Å²) in [5.41, 5.74) is 4.25. The number of aromatic nitrogens is 4. The van der Waals surface area contributed by atoms with E-state index in [4.69, 9.17) is 10.8 Å². The number of hydrogen-bond acceptors (Lipinski definition) is 6. The van der Waals surface area contributed by atoms with Crippen LogP contribution in [0.2, 0.25) is 0 Å². The molecule has 0 aliphatic carbocycles. The Bertz CT molecular complexity index is 418. The van der Waals surface area contributed by atoms with Gasteiger partial charge in [0.25, 0.3) is 11.7 Å². The number of carbonyl (C=O) groups excluding carboxylic acids is 1. The third-order valence-electron chi connectivity index (χ3n) is 2.55. The lowest BCUT2D eigenvalue weighted by Crippen LogP contribution is -2.50. The number of carboxylic acids is 1. The van der Waals surface area contributed by atoms with Gasteiger partial charge < -0.3 is 15.7 Å². The lowest BCUT2D eigenvalue weighted by atomic mass is 10.0. The van der Waals surface area contributed by atoms with Gasteiger partial charge in [-0.05, 0) is 11.6 Å². The summed E-state index contributed by atoms with van der Waals surface area (Å²) in [5, 5.41) is 21.4. The molecule has 4 N–H and O–H groups in total. The summed E-state index contributed by atoms with van der Waals surface area (Å²) in [6, 6.07) is 0. The quantitative estimate of drug-likeness (QED) is 0.521. The Morgan fingerprint density at radius 2 is 2.31 bits per heavy atom. The molecule has 1 aliphatic heterocycles. The summed E-state index contributed by atoms with van der Waals surface area (Å²) in [6.45, 7) is 0.228. The van der Waals surface area contributed by atoms with Gasteiger partial charge in [0.05, 0.1) is 0 Å². The molecule has 9 nitrogen and oxygen atoms in total. The van der Waals surface area contributed by atoms with Crippen molar-refractivity contribution >= 4 is 11.9 Å². The highest BCUT2D eigenvalue weighted by Gasteiger charge is 2.43. The number of carboxylic acid groups (broad SMARTS) is 1. The van der Waals surface area contributed by atoms with Gasteiger partial charge in [-0.15, -0.1) is 10.2 Å². The fourth-order valence-corrected chi connectivity index (χ4v) is 1.57. The first-order valence-electron chi connectivity index (χ1n) is 4.58. The molecule has 1 aliphatic rings. The number of hydrogen-bond donors (Lipinski definition) is 3. The average molecular weight is 226 g/mol. The Hall–Kier alpha value is -2.03. The molecule has 1 aromatic rings. The number of nitrogens with one attached hydrogen (secondary N) is 1. The van der Waals surface area contributed by atoms with Crippen molar-refractivity contribution in [2.75, 3.05) is 13.1 Å². The van der Waals surface area contributed by atoms with Gasteiger partial charge in [0.15, 0.2) is 0 Å². The van der Waals surface area contributed by atoms with Crippen molar-refractivity contribution in [3.8, 4) is 0 Å². The first-order valence-corrected chi connectivity index (χ1v) is 4.58. The van der Waals surface area contributed by atoms with Crippen LogP contribution in [0.15, 0.2) is 0 Å². The minimum absolute atomic E-state index is 0.0459. The maximum atomic E-state index is 11.7. The van der Waals surface area contributed by atoms with Crippen LogP contribution in [0.3, 0.4) is 0 Å². The molecule has 86 valence electrons. The molecular formula is C7H10N6O3. The zero-order valence-electron chi connectivity index (χ0n) is 8.25. The molecule has 16 heavy (non-hydrogen) atoms. The molecule has 2 heterocycles. The van der Waals surface area contributed by atoms with Crippen LogP contribution in [0.25, 0.3) is 0 Å². The lowest BCUT2D eigenvalue weighted by Gasteiger charge is -2.18. The van der Waals surface area contributed by atoms with E-state index < -0.39 is 17.4 Å². The average Bonchev–Trinajstić information content (AvgIpc) is 2.85. The zero-order chi connectivity index (χ0) is 11.8. The van der Waals surface area contributed by atoms with Crippen LogP contribution < -0.4 is 5.73 Å². The number of amides is 1. The molecule has 0 aromatic carbocycles. The van der Waals surface area contributed by atoms with Crippen molar-refractivity contribution in [2.45, 2.75) is 12.0 Å². The minimum Gasteiger partial charge on any atom is -0.480 e. The molecule has 1 unspecified atom stereocenters. The number of H-pyrrole nitrogens is 1. The molecule has 2 rings (SSSR count). The predicted molar refractivity (Wildman–Crippen MR) is 49.3 cm³/mol. The van der Waals surface area contributed by atoms with Crippen LogP contribution in [0.5, 0.6) is 0 Å². The van der Waals surface area contributed by atoms with E-state index in [0.29, 0.717) is 0 Å². The van der Waals surface area contributed by atoms with E-state index in [-0.39, 0.29) is 25.3 Å². The number of aliphatic carboxylic acids is 1. The Morgan fingerprint density at radius 3 is 2.81 bits per heavy atom. The van der Waals surface area contributed by atoms with Crippen LogP contribution in [0, 0.1) is 0 Å². The molecule has 0 bridgehead atoms. The second-order valence-electron chi connectivity index (χ2n) is 3.67. The number of rotatable bonds is 2. The Labute approximate surface area is 89.6 Å². The van der Waals surface area contributed by atoms with E-state index in [1.165, 1.54) is 4.90 Å². The Morgan fingerprint density at radius 1 is 1.56 bits per heavy atom. The van der Waals surface area contributed by atoms with E-state index in [0.717, 1.165) is 0 Å².